The van der Waals surface area contributed by atoms with Gasteiger partial charge in [-0.1, -0.05) is 55.5 Å². The maximum Gasteiger partial charge on any atom is 0.226 e. The number of nitrogens with zero attached hydrogens (tertiary/aromatic N) is 2. The first kappa shape index (κ1) is 21.8. The Bertz CT molecular complexity index is 1130. The summed E-state index contributed by atoms with van der Waals surface area (Å²) in [4.78, 5) is 17.4. The molecule has 1 aromatic heterocycles. The summed E-state index contributed by atoms with van der Waals surface area (Å²) in [6.45, 7) is 2.52. The van der Waals surface area contributed by atoms with E-state index in [4.69, 9.17) is 28.9 Å². The van der Waals surface area contributed by atoms with Crippen molar-refractivity contribution in [2.45, 2.75) is 45.6 Å². The van der Waals surface area contributed by atoms with Crippen LogP contribution < -0.4 is 16.4 Å². The van der Waals surface area contributed by atoms with Crippen molar-refractivity contribution in [2.24, 2.45) is 12.5 Å². The maximum absolute atomic E-state index is 12.7. The van der Waals surface area contributed by atoms with Gasteiger partial charge in [-0.05, 0) is 42.7 Å². The van der Waals surface area contributed by atoms with Gasteiger partial charge in [-0.15, -0.1) is 0 Å². The molecule has 0 unspecified atom stereocenters. The predicted molar refractivity (Wildman–Crippen MR) is 128 cm³/mol. The summed E-state index contributed by atoms with van der Waals surface area (Å²) in [6.07, 6.45) is 5.36. The second-order valence-electron chi connectivity index (χ2n) is 8.60. The topological polar surface area (TPSA) is 85.0 Å². The zero-order valence-electron chi connectivity index (χ0n) is 17.8. The van der Waals surface area contributed by atoms with Gasteiger partial charge in [0.15, 0.2) is 0 Å². The van der Waals surface area contributed by atoms with Gasteiger partial charge >= 0.3 is 0 Å². The molecule has 0 aliphatic heterocycles. The standard InChI is InChI=1S/C23H27Cl2N5O/c1-23(8-4-3-5-9-23)21(31)27-13-14-6-7-15(24)18(10-14)28-22-29-19-11-16(25)17(26)12-20(19)30(22)2/h6-7,10-12H,3-5,8-9,13,26H2,1-2H3,(H,27,31)(H,28,29). The molecule has 8 heteroatoms. The van der Waals surface area contributed by atoms with E-state index in [0.717, 1.165) is 48.0 Å². The number of nitrogens with two attached hydrogens (primary N) is 1. The largest absolute Gasteiger partial charge is 0.397 e. The molecule has 0 radical (unpaired) electrons. The monoisotopic (exact) mass is 459 g/mol. The average molecular weight is 460 g/mol. The van der Waals surface area contributed by atoms with Crippen LogP contribution in [0.3, 0.4) is 0 Å². The number of carbonyl (C=O) groups excluding carboxylic acids is 1. The van der Waals surface area contributed by atoms with Gasteiger partial charge in [0.1, 0.15) is 0 Å². The molecule has 6 nitrogen and oxygen atoms in total. The normalized spacial score (nSPS) is 15.7. The lowest BCUT2D eigenvalue weighted by molar-refractivity contribution is -0.132. The van der Waals surface area contributed by atoms with Crippen molar-refractivity contribution in [3.05, 3.63) is 45.9 Å². The number of nitrogen functional groups attached to an aromatic ring is 1. The number of fused-ring (bicyclic) bond motifs is 1. The van der Waals surface area contributed by atoms with Crippen molar-refractivity contribution in [1.29, 1.82) is 0 Å². The number of aryl methyl sites for hydroxylation is 1. The Kier molecular flexibility index (Phi) is 6.04. The van der Waals surface area contributed by atoms with E-state index in [9.17, 15) is 4.79 Å². The van der Waals surface area contributed by atoms with Crippen LogP contribution in [0, 0.1) is 5.41 Å². The molecule has 1 fully saturated rings. The van der Waals surface area contributed by atoms with Crippen LogP contribution in [0.2, 0.25) is 10.0 Å². The number of benzene rings is 2. The van der Waals surface area contributed by atoms with E-state index < -0.39 is 0 Å². The molecule has 4 N–H and O–H groups in total. The van der Waals surface area contributed by atoms with Gasteiger partial charge in [0, 0.05) is 19.0 Å². The molecule has 0 atom stereocenters. The van der Waals surface area contributed by atoms with Crippen molar-refractivity contribution >= 4 is 57.5 Å². The highest BCUT2D eigenvalue weighted by Crippen LogP contribution is 2.36. The lowest BCUT2D eigenvalue weighted by atomic mass is 9.75. The predicted octanol–water partition coefficient (Wildman–Crippen LogP) is 5.79. The van der Waals surface area contributed by atoms with Gasteiger partial charge in [0.25, 0.3) is 0 Å². The molecule has 1 aliphatic carbocycles. The van der Waals surface area contributed by atoms with Crippen molar-refractivity contribution in [1.82, 2.24) is 14.9 Å². The first-order valence-electron chi connectivity index (χ1n) is 10.5. The van der Waals surface area contributed by atoms with E-state index in [-0.39, 0.29) is 11.3 Å². The SMILES string of the molecule is Cn1c(Nc2cc(CNC(=O)C3(C)CCCCC3)ccc2Cl)nc2cc(Cl)c(N)cc21. The minimum absolute atomic E-state index is 0.126. The van der Waals surface area contributed by atoms with Crippen molar-refractivity contribution in [3.8, 4) is 0 Å². The Morgan fingerprint density at radius 2 is 1.90 bits per heavy atom. The molecule has 1 aliphatic rings. The zero-order valence-corrected chi connectivity index (χ0v) is 19.3. The summed E-state index contributed by atoms with van der Waals surface area (Å²) < 4.78 is 1.90. The van der Waals surface area contributed by atoms with E-state index in [0.29, 0.717) is 28.2 Å². The molecule has 1 heterocycles. The lowest BCUT2D eigenvalue weighted by Crippen LogP contribution is -2.39. The highest BCUT2D eigenvalue weighted by atomic mass is 35.5. The Hall–Kier alpha value is -2.44. The number of carbonyl (C=O) groups is 1. The van der Waals surface area contributed by atoms with Gasteiger partial charge in [0.2, 0.25) is 11.9 Å². The quantitative estimate of drug-likeness (QED) is 0.421. The van der Waals surface area contributed by atoms with Crippen molar-refractivity contribution < 1.29 is 4.79 Å². The van der Waals surface area contributed by atoms with Crippen molar-refractivity contribution in [3.63, 3.8) is 0 Å². The summed E-state index contributed by atoms with van der Waals surface area (Å²) in [5.74, 6) is 0.746. The van der Waals surface area contributed by atoms with E-state index in [2.05, 4.69) is 22.5 Å². The minimum Gasteiger partial charge on any atom is -0.397 e. The van der Waals surface area contributed by atoms with Crippen LogP contribution in [-0.4, -0.2) is 15.5 Å². The molecule has 164 valence electrons. The molecule has 0 saturated heterocycles. The van der Waals surface area contributed by atoms with Crippen LogP contribution in [0.5, 0.6) is 0 Å². The first-order chi connectivity index (χ1) is 14.8. The van der Waals surface area contributed by atoms with Crippen LogP contribution in [0.15, 0.2) is 30.3 Å². The molecule has 2 aromatic carbocycles. The van der Waals surface area contributed by atoms with Crippen LogP contribution in [0.1, 0.15) is 44.6 Å². The third kappa shape index (κ3) is 4.46. The highest BCUT2D eigenvalue weighted by Gasteiger charge is 2.34. The van der Waals surface area contributed by atoms with Crippen molar-refractivity contribution in [2.75, 3.05) is 11.1 Å². The Morgan fingerprint density at radius 1 is 1.16 bits per heavy atom. The molecule has 4 rings (SSSR count). The van der Waals surface area contributed by atoms with Crippen LogP contribution in [0.25, 0.3) is 11.0 Å². The summed E-state index contributed by atoms with van der Waals surface area (Å²) in [5.41, 5.74) is 9.46. The summed E-state index contributed by atoms with van der Waals surface area (Å²) >= 11 is 12.6. The molecular weight excluding hydrogens is 433 g/mol. The number of rotatable bonds is 5. The molecular formula is C23H27Cl2N5O. The van der Waals surface area contributed by atoms with E-state index in [1.54, 1.807) is 12.1 Å². The smallest absolute Gasteiger partial charge is 0.226 e. The number of hydrogen-bond acceptors (Lipinski definition) is 4. The molecule has 0 spiro atoms. The number of hydrogen-bond donors (Lipinski definition) is 3. The van der Waals surface area contributed by atoms with E-state index in [1.165, 1.54) is 6.42 Å². The molecule has 1 amide bonds. The fraction of sp³-hybridized carbons (Fsp3) is 0.391. The van der Waals surface area contributed by atoms with Gasteiger partial charge in [0.05, 0.1) is 32.5 Å². The van der Waals surface area contributed by atoms with E-state index >= 15 is 0 Å². The highest BCUT2D eigenvalue weighted by molar-refractivity contribution is 6.34. The number of imidazole rings is 1. The molecule has 3 aromatic rings. The third-order valence-corrected chi connectivity index (χ3v) is 6.89. The van der Waals surface area contributed by atoms with Crippen LogP contribution >= 0.6 is 23.2 Å². The summed E-state index contributed by atoms with van der Waals surface area (Å²) in [5, 5.41) is 7.44. The maximum atomic E-state index is 12.7. The van der Waals surface area contributed by atoms with Gasteiger partial charge in [-0.2, -0.15) is 0 Å². The molecule has 1 saturated carbocycles. The number of halogens is 2. The Labute approximate surface area is 192 Å². The molecule has 31 heavy (non-hydrogen) atoms. The van der Waals surface area contributed by atoms with Crippen LogP contribution in [0.4, 0.5) is 17.3 Å². The number of anilines is 3. The summed E-state index contributed by atoms with van der Waals surface area (Å²) in [6, 6.07) is 9.23. The fourth-order valence-corrected chi connectivity index (χ4v) is 4.52. The second kappa shape index (κ2) is 8.60. The van der Waals surface area contributed by atoms with Crippen LogP contribution in [-0.2, 0) is 18.4 Å². The minimum atomic E-state index is -0.262. The number of nitrogens with one attached hydrogen (secondary N) is 2. The second-order valence-corrected chi connectivity index (χ2v) is 9.41. The Balaban J connectivity index is 1.51. The van der Waals surface area contributed by atoms with Gasteiger partial charge < -0.3 is 20.9 Å². The summed E-state index contributed by atoms with van der Waals surface area (Å²) in [7, 11) is 1.90. The number of amides is 1. The first-order valence-corrected chi connectivity index (χ1v) is 11.3. The van der Waals surface area contributed by atoms with E-state index in [1.807, 2.05) is 29.8 Å². The van der Waals surface area contributed by atoms with Gasteiger partial charge in [-0.3, -0.25) is 4.79 Å². The lowest BCUT2D eigenvalue weighted by Gasteiger charge is -2.32. The third-order valence-electron chi connectivity index (χ3n) is 6.23. The average Bonchev–Trinajstić information content (AvgIpc) is 3.03. The van der Waals surface area contributed by atoms with Gasteiger partial charge in [-0.25, -0.2) is 4.98 Å². The number of aromatic nitrogens is 2. The Morgan fingerprint density at radius 3 is 2.65 bits per heavy atom. The fourth-order valence-electron chi connectivity index (χ4n) is 4.19. The molecule has 0 bridgehead atoms. The zero-order chi connectivity index (χ0) is 22.2.